The Labute approximate surface area is 213 Å². The number of benzene rings is 2. The van der Waals surface area contributed by atoms with Crippen molar-refractivity contribution in [3.63, 3.8) is 0 Å². The number of hydrogen-bond donors (Lipinski definition) is 1. The lowest BCUT2D eigenvalue weighted by molar-refractivity contribution is 0.0336. The number of anilines is 1. The highest BCUT2D eigenvalue weighted by Gasteiger charge is 2.20. The molecule has 1 saturated heterocycles. The number of nitrogens with zero attached hydrogens (tertiary/aromatic N) is 3. The van der Waals surface area contributed by atoms with E-state index in [-0.39, 0.29) is 5.91 Å². The fourth-order valence-electron chi connectivity index (χ4n) is 4.28. The van der Waals surface area contributed by atoms with Crippen molar-refractivity contribution in [2.24, 2.45) is 0 Å². The minimum Gasteiger partial charge on any atom is -0.493 e. The molecule has 2 aromatic carbocycles. The maximum Gasteiger partial charge on any atom is 0.255 e. The number of morpholine rings is 1. The van der Waals surface area contributed by atoms with Crippen molar-refractivity contribution >= 4 is 27.9 Å². The van der Waals surface area contributed by atoms with Crippen LogP contribution in [0.1, 0.15) is 16.1 Å². The summed E-state index contributed by atoms with van der Waals surface area (Å²) in [6.07, 6.45) is 2.03. The SMILES string of the molecule is COc1cc(C(=O)Nc2ccccc2-c2cn3c(CN4CCOCC4)csc3n2)cc(OC)c1OC. The number of thiazole rings is 1. The van der Waals surface area contributed by atoms with Crippen LogP contribution in [0.5, 0.6) is 17.2 Å². The zero-order chi connectivity index (χ0) is 25.1. The summed E-state index contributed by atoms with van der Waals surface area (Å²) < 4.78 is 23.8. The highest BCUT2D eigenvalue weighted by Crippen LogP contribution is 2.38. The number of hydrogen-bond acceptors (Lipinski definition) is 8. The van der Waals surface area contributed by atoms with Crippen LogP contribution in [0.25, 0.3) is 16.2 Å². The molecule has 0 unspecified atom stereocenters. The van der Waals surface area contributed by atoms with Crippen molar-refractivity contribution in [2.75, 3.05) is 52.9 Å². The van der Waals surface area contributed by atoms with Crippen molar-refractivity contribution < 1.29 is 23.7 Å². The van der Waals surface area contributed by atoms with Gasteiger partial charge < -0.3 is 24.3 Å². The molecule has 1 fully saturated rings. The van der Waals surface area contributed by atoms with E-state index in [4.69, 9.17) is 23.9 Å². The lowest BCUT2D eigenvalue weighted by Crippen LogP contribution is -2.35. The van der Waals surface area contributed by atoms with Gasteiger partial charge in [0.15, 0.2) is 16.5 Å². The van der Waals surface area contributed by atoms with Crippen LogP contribution in [0.3, 0.4) is 0 Å². The monoisotopic (exact) mass is 508 g/mol. The number of carbonyl (C=O) groups is 1. The summed E-state index contributed by atoms with van der Waals surface area (Å²) in [6.45, 7) is 4.23. The summed E-state index contributed by atoms with van der Waals surface area (Å²) in [6, 6.07) is 10.9. The second-order valence-corrected chi connectivity index (χ2v) is 9.14. The average molecular weight is 509 g/mol. The average Bonchev–Trinajstić information content (AvgIpc) is 3.50. The van der Waals surface area contributed by atoms with Gasteiger partial charge in [0.2, 0.25) is 5.75 Å². The highest BCUT2D eigenvalue weighted by atomic mass is 32.1. The van der Waals surface area contributed by atoms with Crippen LogP contribution in [0, 0.1) is 0 Å². The smallest absolute Gasteiger partial charge is 0.255 e. The van der Waals surface area contributed by atoms with Crippen molar-refractivity contribution in [1.29, 1.82) is 0 Å². The van der Waals surface area contributed by atoms with Gasteiger partial charge in [-0.25, -0.2) is 4.98 Å². The molecule has 2 aromatic heterocycles. The molecule has 10 heteroatoms. The third kappa shape index (κ3) is 4.75. The summed E-state index contributed by atoms with van der Waals surface area (Å²) in [5, 5.41) is 5.18. The van der Waals surface area contributed by atoms with E-state index in [1.807, 2.05) is 30.5 Å². The van der Waals surface area contributed by atoms with E-state index in [0.717, 1.165) is 49.1 Å². The van der Waals surface area contributed by atoms with E-state index < -0.39 is 0 Å². The first kappa shape index (κ1) is 24.1. The predicted molar refractivity (Wildman–Crippen MR) is 139 cm³/mol. The van der Waals surface area contributed by atoms with Crippen LogP contribution >= 0.6 is 11.3 Å². The Morgan fingerprint density at radius 1 is 1.08 bits per heavy atom. The van der Waals surface area contributed by atoms with Gasteiger partial charge in [0.05, 0.1) is 45.9 Å². The van der Waals surface area contributed by atoms with E-state index in [1.54, 1.807) is 23.5 Å². The van der Waals surface area contributed by atoms with Crippen LogP contribution < -0.4 is 19.5 Å². The fourth-order valence-corrected chi connectivity index (χ4v) is 5.15. The van der Waals surface area contributed by atoms with E-state index in [1.165, 1.54) is 27.0 Å². The molecular formula is C26H28N4O5S. The van der Waals surface area contributed by atoms with E-state index in [2.05, 4.69) is 20.0 Å². The van der Waals surface area contributed by atoms with Gasteiger partial charge in [-0.05, 0) is 18.2 Å². The second kappa shape index (κ2) is 10.6. The normalized spacial score (nSPS) is 14.1. The molecule has 36 heavy (non-hydrogen) atoms. The lowest BCUT2D eigenvalue weighted by Gasteiger charge is -2.26. The standard InChI is InChI=1S/C26H28N4O5S/c1-32-22-12-17(13-23(33-2)24(22)34-3)25(31)27-20-7-5-4-6-19(20)21-15-30-18(16-36-26(30)28-21)14-29-8-10-35-11-9-29/h4-7,12-13,15-16H,8-11,14H2,1-3H3,(H,27,31). The molecule has 4 aromatic rings. The summed E-state index contributed by atoms with van der Waals surface area (Å²) >= 11 is 1.61. The van der Waals surface area contributed by atoms with Gasteiger partial charge in [0, 0.05) is 48.0 Å². The zero-order valence-electron chi connectivity index (χ0n) is 20.4. The highest BCUT2D eigenvalue weighted by molar-refractivity contribution is 7.15. The first-order valence-corrected chi connectivity index (χ1v) is 12.5. The number of aromatic nitrogens is 2. The number of amides is 1. The first-order chi connectivity index (χ1) is 17.6. The van der Waals surface area contributed by atoms with Gasteiger partial charge >= 0.3 is 0 Å². The molecule has 0 saturated carbocycles. The Kier molecular flexibility index (Phi) is 7.08. The van der Waals surface area contributed by atoms with Gasteiger partial charge in [0.25, 0.3) is 5.91 Å². The number of ether oxygens (including phenoxy) is 4. The molecule has 9 nitrogen and oxygen atoms in total. The second-order valence-electron chi connectivity index (χ2n) is 8.31. The maximum absolute atomic E-state index is 13.2. The molecule has 3 heterocycles. The van der Waals surface area contributed by atoms with E-state index in [0.29, 0.717) is 28.5 Å². The summed E-state index contributed by atoms with van der Waals surface area (Å²) in [4.78, 5) is 21.4. The molecule has 0 spiro atoms. The molecule has 1 amide bonds. The number of rotatable bonds is 8. The van der Waals surface area contributed by atoms with Crippen LogP contribution in [-0.2, 0) is 11.3 Å². The van der Waals surface area contributed by atoms with Crippen molar-refractivity contribution in [3.05, 3.63) is 59.2 Å². The molecule has 0 bridgehead atoms. The van der Waals surface area contributed by atoms with Gasteiger partial charge in [-0.1, -0.05) is 18.2 Å². The molecule has 1 N–H and O–H groups in total. The topological polar surface area (TPSA) is 86.6 Å². The fraction of sp³-hybridized carbons (Fsp3) is 0.308. The molecule has 0 atom stereocenters. The van der Waals surface area contributed by atoms with Crippen LogP contribution in [0.15, 0.2) is 48.0 Å². The molecule has 0 aliphatic carbocycles. The van der Waals surface area contributed by atoms with Crippen LogP contribution in [0.4, 0.5) is 5.69 Å². The number of nitrogens with one attached hydrogen (secondary N) is 1. The quantitative estimate of drug-likeness (QED) is 0.382. The third-order valence-corrected chi connectivity index (χ3v) is 7.04. The predicted octanol–water partition coefficient (Wildman–Crippen LogP) is 4.17. The van der Waals surface area contributed by atoms with Gasteiger partial charge in [-0.2, -0.15) is 0 Å². The van der Waals surface area contributed by atoms with Gasteiger partial charge in [-0.15, -0.1) is 11.3 Å². The number of carbonyl (C=O) groups excluding carboxylic acids is 1. The minimum atomic E-state index is -0.296. The number of imidazole rings is 1. The third-order valence-electron chi connectivity index (χ3n) is 6.15. The Bertz CT molecular complexity index is 1350. The number of fused-ring (bicyclic) bond motifs is 1. The Hall–Kier alpha value is -3.60. The molecule has 0 radical (unpaired) electrons. The number of methoxy groups -OCH3 is 3. The molecule has 1 aliphatic rings. The summed E-state index contributed by atoms with van der Waals surface area (Å²) in [7, 11) is 4.57. The Morgan fingerprint density at radius 3 is 2.50 bits per heavy atom. The minimum absolute atomic E-state index is 0.296. The Morgan fingerprint density at radius 2 is 1.81 bits per heavy atom. The van der Waals surface area contributed by atoms with Crippen LogP contribution in [0.2, 0.25) is 0 Å². The van der Waals surface area contributed by atoms with E-state index >= 15 is 0 Å². The molecule has 5 rings (SSSR count). The first-order valence-electron chi connectivity index (χ1n) is 11.6. The summed E-state index contributed by atoms with van der Waals surface area (Å²) in [5.41, 5.74) is 3.88. The molecular weight excluding hydrogens is 480 g/mol. The lowest BCUT2D eigenvalue weighted by atomic mass is 10.1. The maximum atomic E-state index is 13.2. The van der Waals surface area contributed by atoms with Crippen molar-refractivity contribution in [2.45, 2.75) is 6.54 Å². The summed E-state index contributed by atoms with van der Waals surface area (Å²) in [5.74, 6) is 0.966. The Balaban J connectivity index is 1.42. The van der Waals surface area contributed by atoms with Gasteiger partial charge in [0.1, 0.15) is 0 Å². The zero-order valence-corrected chi connectivity index (χ0v) is 21.3. The van der Waals surface area contributed by atoms with E-state index in [9.17, 15) is 4.79 Å². The molecule has 188 valence electrons. The van der Waals surface area contributed by atoms with Crippen molar-refractivity contribution in [1.82, 2.24) is 14.3 Å². The van der Waals surface area contributed by atoms with Crippen molar-refractivity contribution in [3.8, 4) is 28.5 Å². The number of para-hydroxylation sites is 1. The molecule has 1 aliphatic heterocycles. The van der Waals surface area contributed by atoms with Crippen LogP contribution in [-0.4, -0.2) is 67.8 Å². The largest absolute Gasteiger partial charge is 0.493 e. The van der Waals surface area contributed by atoms with Gasteiger partial charge in [-0.3, -0.25) is 14.1 Å².